The molecule has 0 aliphatic carbocycles. The van der Waals surface area contributed by atoms with Crippen molar-refractivity contribution in [2.45, 2.75) is 32.0 Å². The third kappa shape index (κ3) is 6.67. The number of aromatic nitrogens is 2. The van der Waals surface area contributed by atoms with E-state index in [9.17, 15) is 18.4 Å². The van der Waals surface area contributed by atoms with E-state index in [0.717, 1.165) is 25.6 Å². The Morgan fingerprint density at radius 2 is 1.88 bits per heavy atom. The number of carbonyl (C=O) groups is 2. The molecule has 34 heavy (non-hydrogen) atoms. The Bertz CT molecular complexity index is 1000. The molecule has 1 aromatic carbocycles. The minimum Gasteiger partial charge on any atom is -0.494 e. The molecule has 3 heterocycles. The van der Waals surface area contributed by atoms with E-state index in [2.05, 4.69) is 24.9 Å². The highest BCUT2D eigenvalue weighted by Gasteiger charge is 2.29. The highest BCUT2D eigenvalue weighted by molar-refractivity contribution is 5.95. The number of carbonyl (C=O) groups excluding carboxylic acids is 2. The normalized spacial score (nSPS) is 20.3. The van der Waals surface area contributed by atoms with Gasteiger partial charge in [-0.2, -0.15) is 4.39 Å². The van der Waals surface area contributed by atoms with Gasteiger partial charge < -0.3 is 24.6 Å². The summed E-state index contributed by atoms with van der Waals surface area (Å²) in [5.41, 5.74) is 0. The molecule has 0 saturated carbocycles. The summed E-state index contributed by atoms with van der Waals surface area (Å²) in [7, 11) is 3.32. The van der Waals surface area contributed by atoms with Crippen molar-refractivity contribution < 1.29 is 27.8 Å². The Morgan fingerprint density at radius 1 is 1.15 bits per heavy atom. The fourth-order valence-corrected chi connectivity index (χ4v) is 3.53. The third-order valence-electron chi connectivity index (χ3n) is 5.55. The van der Waals surface area contributed by atoms with Crippen LogP contribution in [-0.2, 0) is 9.53 Å². The summed E-state index contributed by atoms with van der Waals surface area (Å²) in [6.07, 6.45) is 2.71. The Labute approximate surface area is 197 Å². The second-order valence-electron chi connectivity index (χ2n) is 8.12. The minimum atomic E-state index is -0.940. The molecule has 1 aromatic heterocycles. The number of anilines is 1. The summed E-state index contributed by atoms with van der Waals surface area (Å²) in [6.45, 7) is 4.93. The minimum absolute atomic E-state index is 0.0694. The molecule has 11 heteroatoms. The second kappa shape index (κ2) is 11.8. The van der Waals surface area contributed by atoms with Gasteiger partial charge in [-0.1, -0.05) is 6.07 Å². The zero-order valence-corrected chi connectivity index (χ0v) is 19.5. The van der Waals surface area contributed by atoms with Crippen molar-refractivity contribution in [3.8, 4) is 5.75 Å². The number of benzene rings is 1. The van der Waals surface area contributed by atoms with Crippen molar-refractivity contribution in [1.29, 1.82) is 0 Å². The number of methoxy groups -OCH3 is 1. The summed E-state index contributed by atoms with van der Waals surface area (Å²) >= 11 is 0. The van der Waals surface area contributed by atoms with Crippen molar-refractivity contribution in [1.82, 2.24) is 19.8 Å². The lowest BCUT2D eigenvalue weighted by Gasteiger charge is -2.31. The molecule has 0 spiro atoms. The molecule has 9 nitrogen and oxygen atoms in total. The van der Waals surface area contributed by atoms with Crippen molar-refractivity contribution >= 4 is 17.6 Å². The average molecular weight is 478 g/mol. The van der Waals surface area contributed by atoms with Crippen LogP contribution in [0.1, 0.15) is 30.4 Å². The summed E-state index contributed by atoms with van der Waals surface area (Å²) in [4.78, 5) is 36.8. The highest BCUT2D eigenvalue weighted by Crippen LogP contribution is 2.20. The predicted octanol–water partition coefficient (Wildman–Crippen LogP) is 2.34. The standard InChI is InChI=1S/C16H23N5O3.C7H6F2O/c1-11-3-4-12(24-11)15(22)19-13-5-6-17-14(18-13)16(23)21-9-7-20(2)8-10-21;1-10-6-4-2-3-5(8)7(6)9/h5-6,11-12H,3-4,7-10H2,1-2H3,(H,17,18,19,22);2-4H,1H3. The molecule has 2 aliphatic rings. The lowest BCUT2D eigenvalue weighted by molar-refractivity contribution is -0.126. The quantitative estimate of drug-likeness (QED) is 0.722. The molecule has 2 fully saturated rings. The molecule has 2 aromatic rings. The molecule has 0 bridgehead atoms. The van der Waals surface area contributed by atoms with E-state index in [1.807, 2.05) is 14.0 Å². The van der Waals surface area contributed by atoms with E-state index in [0.29, 0.717) is 25.3 Å². The van der Waals surface area contributed by atoms with E-state index in [-0.39, 0.29) is 29.5 Å². The molecule has 184 valence electrons. The van der Waals surface area contributed by atoms with Gasteiger partial charge in [-0.15, -0.1) is 0 Å². The number of hydrogen-bond acceptors (Lipinski definition) is 7. The molecule has 2 unspecified atom stereocenters. The molecular weight excluding hydrogens is 448 g/mol. The maximum absolute atomic E-state index is 12.5. The second-order valence-corrected chi connectivity index (χ2v) is 8.12. The molecular formula is C23H29F2N5O4. The van der Waals surface area contributed by atoms with Crippen LogP contribution in [-0.4, -0.2) is 84.1 Å². The number of amides is 2. The van der Waals surface area contributed by atoms with Crippen LogP contribution in [0.2, 0.25) is 0 Å². The molecule has 2 saturated heterocycles. The molecule has 0 radical (unpaired) electrons. The summed E-state index contributed by atoms with van der Waals surface area (Å²) in [6, 6.07) is 5.37. The van der Waals surface area contributed by atoms with Crippen molar-refractivity contribution in [3.05, 3.63) is 47.9 Å². The number of nitrogens with zero attached hydrogens (tertiary/aromatic N) is 4. The van der Waals surface area contributed by atoms with E-state index >= 15 is 0 Å². The molecule has 2 aliphatic heterocycles. The first-order valence-corrected chi connectivity index (χ1v) is 11.0. The smallest absolute Gasteiger partial charge is 0.291 e. The van der Waals surface area contributed by atoms with Gasteiger partial charge in [0.25, 0.3) is 11.8 Å². The maximum Gasteiger partial charge on any atom is 0.291 e. The Kier molecular flexibility index (Phi) is 8.83. The Balaban J connectivity index is 0.000000271. The number of piperazine rings is 1. The van der Waals surface area contributed by atoms with Crippen LogP contribution in [0.3, 0.4) is 0 Å². The monoisotopic (exact) mass is 477 g/mol. The van der Waals surface area contributed by atoms with Gasteiger partial charge in [-0.3, -0.25) is 9.59 Å². The topological polar surface area (TPSA) is 96.9 Å². The number of likely N-dealkylation sites (N-methyl/N-ethyl adjacent to an activating group) is 1. The van der Waals surface area contributed by atoms with Gasteiger partial charge in [0.2, 0.25) is 11.6 Å². The Hall–Kier alpha value is -3.18. The number of halogens is 2. The van der Waals surface area contributed by atoms with Gasteiger partial charge in [0, 0.05) is 32.4 Å². The van der Waals surface area contributed by atoms with E-state index < -0.39 is 17.7 Å². The summed E-state index contributed by atoms with van der Waals surface area (Å²) in [5.74, 6) is -1.89. The fourth-order valence-electron chi connectivity index (χ4n) is 3.53. The van der Waals surface area contributed by atoms with Crippen molar-refractivity contribution in [2.24, 2.45) is 0 Å². The zero-order valence-electron chi connectivity index (χ0n) is 19.5. The first kappa shape index (κ1) is 25.4. The molecule has 1 N–H and O–H groups in total. The predicted molar refractivity (Wildman–Crippen MR) is 121 cm³/mol. The van der Waals surface area contributed by atoms with Gasteiger partial charge in [0.15, 0.2) is 11.6 Å². The zero-order chi connectivity index (χ0) is 24.7. The first-order valence-electron chi connectivity index (χ1n) is 11.0. The van der Waals surface area contributed by atoms with Crippen LogP contribution in [0, 0.1) is 11.6 Å². The molecule has 2 atom stereocenters. The lowest BCUT2D eigenvalue weighted by Crippen LogP contribution is -2.47. The fraction of sp³-hybridized carbons (Fsp3) is 0.478. The van der Waals surface area contributed by atoms with Gasteiger partial charge >= 0.3 is 0 Å². The molecule has 2 amide bonds. The van der Waals surface area contributed by atoms with Crippen LogP contribution in [0.25, 0.3) is 0 Å². The number of rotatable bonds is 4. The largest absolute Gasteiger partial charge is 0.494 e. The van der Waals surface area contributed by atoms with Crippen LogP contribution in [0.5, 0.6) is 5.75 Å². The number of ether oxygens (including phenoxy) is 2. The third-order valence-corrected chi connectivity index (χ3v) is 5.55. The van der Waals surface area contributed by atoms with Crippen LogP contribution < -0.4 is 10.1 Å². The average Bonchev–Trinajstić information content (AvgIpc) is 3.28. The number of hydrogen-bond donors (Lipinski definition) is 1. The van der Waals surface area contributed by atoms with Gasteiger partial charge in [0.05, 0.1) is 13.2 Å². The molecule has 4 rings (SSSR count). The highest BCUT2D eigenvalue weighted by atomic mass is 19.2. The van der Waals surface area contributed by atoms with Crippen molar-refractivity contribution in [2.75, 3.05) is 45.7 Å². The Morgan fingerprint density at radius 3 is 2.50 bits per heavy atom. The first-order chi connectivity index (χ1) is 16.3. The van der Waals surface area contributed by atoms with Crippen LogP contribution in [0.4, 0.5) is 14.6 Å². The van der Waals surface area contributed by atoms with Gasteiger partial charge in [0.1, 0.15) is 11.9 Å². The lowest BCUT2D eigenvalue weighted by atomic mass is 10.2. The van der Waals surface area contributed by atoms with E-state index in [1.165, 1.54) is 25.4 Å². The maximum atomic E-state index is 12.5. The summed E-state index contributed by atoms with van der Waals surface area (Å²) in [5, 5.41) is 2.72. The van der Waals surface area contributed by atoms with Gasteiger partial charge in [-0.05, 0) is 45.0 Å². The van der Waals surface area contributed by atoms with Crippen molar-refractivity contribution in [3.63, 3.8) is 0 Å². The SMILES string of the molecule is CC1CCC(C(=O)Nc2ccnc(C(=O)N3CCN(C)CC3)n2)O1.COc1cccc(F)c1F. The van der Waals surface area contributed by atoms with Crippen LogP contribution >= 0.6 is 0 Å². The van der Waals surface area contributed by atoms with E-state index in [4.69, 9.17) is 4.74 Å². The van der Waals surface area contributed by atoms with E-state index in [1.54, 1.807) is 11.0 Å². The summed E-state index contributed by atoms with van der Waals surface area (Å²) < 4.78 is 34.9. The van der Waals surface area contributed by atoms with Crippen LogP contribution in [0.15, 0.2) is 30.5 Å². The van der Waals surface area contributed by atoms with Gasteiger partial charge in [-0.25, -0.2) is 14.4 Å². The number of nitrogens with one attached hydrogen (secondary N) is 1.